The Morgan fingerprint density at radius 3 is 2.00 bits per heavy atom. The molecule has 0 fully saturated rings. The second-order valence-corrected chi connectivity index (χ2v) is 9.82. The van der Waals surface area contributed by atoms with E-state index in [2.05, 4.69) is 9.72 Å². The zero-order valence-corrected chi connectivity index (χ0v) is 24.3. The number of oxime groups is 1. The van der Waals surface area contributed by atoms with E-state index in [0.717, 1.165) is 34.6 Å². The van der Waals surface area contributed by atoms with Gasteiger partial charge in [0.1, 0.15) is 11.5 Å². The van der Waals surface area contributed by atoms with Crippen LogP contribution in [0.1, 0.15) is 79.7 Å². The molecule has 0 saturated carbocycles. The van der Waals surface area contributed by atoms with Crippen LogP contribution in [0.15, 0.2) is 65.8 Å². The Kier molecular flexibility index (Phi) is 9.85. The van der Waals surface area contributed by atoms with E-state index in [1.54, 1.807) is 42.5 Å². The molecule has 0 unspecified atom stereocenters. The molecule has 4 aromatic rings. The van der Waals surface area contributed by atoms with Crippen LogP contribution in [0.4, 0.5) is 4.79 Å². The van der Waals surface area contributed by atoms with Crippen LogP contribution in [-0.4, -0.2) is 40.6 Å². The molecule has 0 aliphatic carbocycles. The Bertz CT molecular complexity index is 1670. The fourth-order valence-corrected chi connectivity index (χ4v) is 4.71. The summed E-state index contributed by atoms with van der Waals surface area (Å²) in [5.41, 5.74) is 3.38. The van der Waals surface area contributed by atoms with Gasteiger partial charge >= 0.3 is 12.1 Å². The van der Waals surface area contributed by atoms with Crippen molar-refractivity contribution in [2.45, 2.75) is 59.9 Å². The van der Waals surface area contributed by atoms with Gasteiger partial charge in [-0.1, -0.05) is 25.4 Å². The number of ether oxygens (including phenoxy) is 2. The van der Waals surface area contributed by atoms with Gasteiger partial charge in [-0.15, -0.1) is 0 Å². The minimum absolute atomic E-state index is 0.188. The molecule has 0 atom stereocenters. The van der Waals surface area contributed by atoms with E-state index >= 15 is 0 Å². The maximum absolute atomic E-state index is 13.4. The van der Waals surface area contributed by atoms with Gasteiger partial charge in [-0.25, -0.2) is 9.59 Å². The number of fused-ring (bicyclic) bond motifs is 3. The summed E-state index contributed by atoms with van der Waals surface area (Å²) >= 11 is 0. The standard InChI is InChI=1S/C33H34N2O7/c1-5-8-9-28(34-42-21(4)36)32(38)24-13-17-30-27(20-24)26-19-23(12-16-29(26)35(30)7-3)31(37)22-10-14-25(15-11-22)41-33(39)40-18-6-2/h10-17,19-20H,5-9,18H2,1-4H3/b34-28+. The lowest BCUT2D eigenvalue weighted by Gasteiger charge is -2.07. The van der Waals surface area contributed by atoms with Gasteiger partial charge in [-0.05, 0) is 86.8 Å². The molecule has 3 aromatic carbocycles. The summed E-state index contributed by atoms with van der Waals surface area (Å²) in [4.78, 5) is 54.7. The van der Waals surface area contributed by atoms with E-state index in [9.17, 15) is 19.2 Å². The van der Waals surface area contributed by atoms with E-state index in [1.165, 1.54) is 6.92 Å². The maximum atomic E-state index is 13.4. The number of aryl methyl sites for hydroxylation is 1. The fourth-order valence-electron chi connectivity index (χ4n) is 4.71. The highest BCUT2D eigenvalue weighted by Gasteiger charge is 2.19. The molecule has 0 aliphatic rings. The van der Waals surface area contributed by atoms with Crippen LogP contribution in [0.25, 0.3) is 21.8 Å². The Morgan fingerprint density at radius 1 is 0.786 bits per heavy atom. The summed E-state index contributed by atoms with van der Waals surface area (Å²) in [5.74, 6) is -0.817. The van der Waals surface area contributed by atoms with Crippen molar-refractivity contribution in [3.05, 3.63) is 77.4 Å². The smallest absolute Gasteiger partial charge is 0.434 e. The third kappa shape index (κ3) is 6.74. The minimum atomic E-state index is -0.790. The first-order valence-electron chi connectivity index (χ1n) is 14.1. The van der Waals surface area contributed by atoms with E-state index < -0.39 is 12.1 Å². The SMILES string of the molecule is CCCC/C(=N\OC(C)=O)C(=O)c1ccc2c(c1)c1cc(C(=O)c3ccc(OC(=O)OCCC)cc3)ccc1n2CC. The maximum Gasteiger partial charge on any atom is 0.513 e. The molecule has 0 amide bonds. The molecule has 0 spiro atoms. The molecule has 4 rings (SSSR count). The van der Waals surface area contributed by atoms with Crippen LogP contribution in [0.2, 0.25) is 0 Å². The number of carbonyl (C=O) groups excluding carboxylic acids is 4. The van der Waals surface area contributed by atoms with Crippen LogP contribution in [0, 0.1) is 0 Å². The molecule has 0 N–H and O–H groups in total. The zero-order valence-electron chi connectivity index (χ0n) is 24.3. The van der Waals surface area contributed by atoms with E-state index in [4.69, 9.17) is 14.3 Å². The fraction of sp³-hybridized carbons (Fsp3) is 0.303. The first-order chi connectivity index (χ1) is 20.3. The first-order valence-corrected chi connectivity index (χ1v) is 14.1. The number of Topliss-reactive ketones (excluding diaryl/α,β-unsaturated/α-hetero) is 1. The van der Waals surface area contributed by atoms with Gasteiger partial charge in [0.05, 0.1) is 6.61 Å². The number of benzene rings is 3. The predicted octanol–water partition coefficient (Wildman–Crippen LogP) is 7.26. The predicted molar refractivity (Wildman–Crippen MR) is 160 cm³/mol. The first kappa shape index (κ1) is 30.2. The minimum Gasteiger partial charge on any atom is -0.434 e. The number of carbonyl (C=O) groups is 4. The molecule has 0 bridgehead atoms. The topological polar surface area (TPSA) is 113 Å². The van der Waals surface area contributed by atoms with Crippen molar-refractivity contribution in [1.82, 2.24) is 4.57 Å². The third-order valence-corrected chi connectivity index (χ3v) is 6.76. The van der Waals surface area contributed by atoms with Gasteiger partial charge in [0.25, 0.3) is 0 Å². The van der Waals surface area contributed by atoms with Crippen molar-refractivity contribution in [3.63, 3.8) is 0 Å². The van der Waals surface area contributed by atoms with Gasteiger partial charge in [0.15, 0.2) is 5.78 Å². The number of unbranched alkanes of at least 4 members (excludes halogenated alkanes) is 1. The van der Waals surface area contributed by atoms with Gasteiger partial charge in [0, 0.05) is 52.0 Å². The summed E-state index contributed by atoms with van der Waals surface area (Å²) in [6.45, 7) is 8.13. The van der Waals surface area contributed by atoms with Crippen molar-refractivity contribution in [1.29, 1.82) is 0 Å². The van der Waals surface area contributed by atoms with Crippen molar-refractivity contribution >= 4 is 51.2 Å². The number of hydrogen-bond donors (Lipinski definition) is 0. The van der Waals surface area contributed by atoms with Gasteiger partial charge in [0.2, 0.25) is 5.78 Å². The highest BCUT2D eigenvalue weighted by atomic mass is 16.7. The molecule has 42 heavy (non-hydrogen) atoms. The van der Waals surface area contributed by atoms with Gasteiger partial charge in [-0.3, -0.25) is 9.59 Å². The average molecular weight is 571 g/mol. The van der Waals surface area contributed by atoms with Crippen LogP contribution >= 0.6 is 0 Å². The van der Waals surface area contributed by atoms with Crippen molar-refractivity contribution in [2.75, 3.05) is 6.61 Å². The van der Waals surface area contributed by atoms with E-state index in [1.807, 2.05) is 39.0 Å². The van der Waals surface area contributed by atoms with Crippen LogP contribution < -0.4 is 4.74 Å². The van der Waals surface area contributed by atoms with E-state index in [0.29, 0.717) is 36.1 Å². The monoisotopic (exact) mass is 570 g/mol. The molecule has 9 nitrogen and oxygen atoms in total. The summed E-state index contributed by atoms with van der Waals surface area (Å²) in [7, 11) is 0. The number of hydrogen-bond acceptors (Lipinski definition) is 8. The van der Waals surface area contributed by atoms with Crippen LogP contribution in [-0.2, 0) is 20.9 Å². The van der Waals surface area contributed by atoms with E-state index in [-0.39, 0.29) is 29.6 Å². The van der Waals surface area contributed by atoms with Crippen molar-refractivity contribution in [3.8, 4) is 5.75 Å². The highest BCUT2D eigenvalue weighted by molar-refractivity contribution is 6.46. The molecular weight excluding hydrogens is 536 g/mol. The van der Waals surface area contributed by atoms with Crippen molar-refractivity contribution < 1.29 is 33.5 Å². The molecule has 1 heterocycles. The molecule has 0 radical (unpaired) electrons. The Labute approximate surface area is 244 Å². The lowest BCUT2D eigenvalue weighted by Crippen LogP contribution is -2.15. The average Bonchev–Trinajstić information content (AvgIpc) is 3.31. The van der Waals surface area contributed by atoms with Crippen LogP contribution in [0.5, 0.6) is 5.75 Å². The third-order valence-electron chi connectivity index (χ3n) is 6.76. The lowest BCUT2D eigenvalue weighted by atomic mass is 9.99. The molecular formula is C33H34N2O7. The summed E-state index contributed by atoms with van der Waals surface area (Å²) in [5, 5.41) is 5.49. The van der Waals surface area contributed by atoms with Crippen LogP contribution in [0.3, 0.4) is 0 Å². The number of rotatable bonds is 12. The Hall–Kier alpha value is -4.79. The normalized spacial score (nSPS) is 11.5. The number of aromatic nitrogens is 1. The quantitative estimate of drug-likeness (QED) is 0.0440. The highest BCUT2D eigenvalue weighted by Crippen LogP contribution is 2.32. The zero-order chi connectivity index (χ0) is 30.2. The summed E-state index contributed by atoms with van der Waals surface area (Å²) in [6.07, 6.45) is 1.87. The molecule has 0 aliphatic heterocycles. The number of ketones is 2. The van der Waals surface area contributed by atoms with Gasteiger partial charge < -0.3 is 18.9 Å². The van der Waals surface area contributed by atoms with Gasteiger partial charge in [-0.2, -0.15) is 0 Å². The summed E-state index contributed by atoms with van der Waals surface area (Å²) < 4.78 is 12.2. The second kappa shape index (κ2) is 13.7. The largest absolute Gasteiger partial charge is 0.513 e. The molecule has 1 aromatic heterocycles. The summed E-state index contributed by atoms with van der Waals surface area (Å²) in [6, 6.07) is 17.3. The number of nitrogens with zero attached hydrogens (tertiary/aromatic N) is 2. The second-order valence-electron chi connectivity index (χ2n) is 9.82. The molecule has 0 saturated heterocycles. The molecule has 218 valence electrons. The van der Waals surface area contributed by atoms with Crippen molar-refractivity contribution in [2.24, 2.45) is 5.16 Å². The Morgan fingerprint density at radius 2 is 1.40 bits per heavy atom. The Balaban J connectivity index is 1.68. The lowest BCUT2D eigenvalue weighted by molar-refractivity contribution is -0.140. The molecule has 9 heteroatoms.